The zero-order valence-electron chi connectivity index (χ0n) is 27.0. The number of amidine groups is 2. The van der Waals surface area contributed by atoms with Gasteiger partial charge >= 0.3 is 0 Å². The largest absolute Gasteiger partial charge is 0.344 e. The molecule has 9 aromatic rings. The summed E-state index contributed by atoms with van der Waals surface area (Å²) in [4.78, 5) is 10.4. The van der Waals surface area contributed by atoms with Crippen molar-refractivity contribution in [3.8, 4) is 16.8 Å². The Balaban J connectivity index is 1.17. The second-order valence-corrected chi connectivity index (χ2v) is 13.7. The normalized spacial score (nSPS) is 14.6. The first-order chi connectivity index (χ1) is 24.8. The molecule has 1 aliphatic heterocycles. The molecule has 0 aliphatic carbocycles. The van der Waals surface area contributed by atoms with Gasteiger partial charge in [0.15, 0.2) is 5.84 Å². The van der Waals surface area contributed by atoms with Crippen molar-refractivity contribution in [1.29, 1.82) is 0 Å². The van der Waals surface area contributed by atoms with Crippen LogP contribution in [0.15, 0.2) is 180 Å². The van der Waals surface area contributed by atoms with E-state index in [9.17, 15) is 0 Å². The summed E-state index contributed by atoms with van der Waals surface area (Å²) in [6, 6.07) is 60.2. The van der Waals surface area contributed by atoms with Crippen molar-refractivity contribution in [2.75, 3.05) is 0 Å². The molecule has 10 rings (SSSR count). The molecular weight excluding hydrogens is 629 g/mol. The molecule has 0 saturated carbocycles. The molecule has 0 radical (unpaired) electrons. The van der Waals surface area contributed by atoms with Gasteiger partial charge in [0.25, 0.3) is 0 Å². The van der Waals surface area contributed by atoms with Crippen molar-refractivity contribution in [3.63, 3.8) is 0 Å². The maximum absolute atomic E-state index is 5.30. The van der Waals surface area contributed by atoms with E-state index in [0.29, 0.717) is 5.84 Å². The zero-order chi connectivity index (χ0) is 33.0. The Morgan fingerprint density at radius 3 is 1.96 bits per heavy atom. The number of fused-ring (bicyclic) bond motifs is 7. The van der Waals surface area contributed by atoms with E-state index >= 15 is 0 Å². The van der Waals surface area contributed by atoms with Gasteiger partial charge in [-0.2, -0.15) is 0 Å². The fourth-order valence-corrected chi connectivity index (χ4v) is 8.47. The summed E-state index contributed by atoms with van der Waals surface area (Å²) in [5.41, 5.74) is 8.92. The SMILES string of the molecule is c1ccc(C2=NC(c3ccccc3-n3c4ccccc4c4ccc5sc6ccccc6c5c43)NC(c3ccc(-c4ccccc4)cc3)=N2)cc1. The predicted molar refractivity (Wildman–Crippen MR) is 211 cm³/mol. The summed E-state index contributed by atoms with van der Waals surface area (Å²) in [6.45, 7) is 0. The monoisotopic (exact) mass is 658 g/mol. The van der Waals surface area contributed by atoms with Crippen LogP contribution in [-0.4, -0.2) is 16.2 Å². The van der Waals surface area contributed by atoms with Crippen LogP contribution in [0.2, 0.25) is 0 Å². The minimum absolute atomic E-state index is 0.377. The average molecular weight is 659 g/mol. The molecule has 1 unspecified atom stereocenters. The highest BCUT2D eigenvalue weighted by Gasteiger charge is 2.26. The van der Waals surface area contributed by atoms with Gasteiger partial charge in [0, 0.05) is 47.6 Å². The van der Waals surface area contributed by atoms with Gasteiger partial charge in [0.05, 0.1) is 16.7 Å². The molecule has 4 nitrogen and oxygen atoms in total. The van der Waals surface area contributed by atoms with Gasteiger partial charge < -0.3 is 9.88 Å². The van der Waals surface area contributed by atoms with Crippen LogP contribution in [0, 0.1) is 0 Å². The van der Waals surface area contributed by atoms with Crippen LogP contribution in [0.3, 0.4) is 0 Å². The standard InChI is InChI=1S/C45H30N4S/c1-3-13-29(14-4-1)30-23-25-32(26-24-30)44-46-43(31-15-5-2-6-16-31)47-45(48-44)35-18-8-11-21-38(35)49-37-20-10-7-17-33(37)34-27-28-40-41(42(34)49)36-19-9-12-22-39(36)50-40/h1-28,45H,(H,46,47,48). The maximum atomic E-state index is 5.30. The van der Waals surface area contributed by atoms with Crippen LogP contribution in [-0.2, 0) is 0 Å². The van der Waals surface area contributed by atoms with Crippen LogP contribution in [0.1, 0.15) is 22.9 Å². The Kier molecular flexibility index (Phi) is 6.71. The third kappa shape index (κ3) is 4.66. The lowest BCUT2D eigenvalue weighted by Gasteiger charge is -2.26. The molecule has 2 aromatic heterocycles. The van der Waals surface area contributed by atoms with Crippen LogP contribution in [0.25, 0.3) is 58.8 Å². The topological polar surface area (TPSA) is 41.7 Å². The minimum Gasteiger partial charge on any atom is -0.344 e. The first kappa shape index (κ1) is 28.7. The van der Waals surface area contributed by atoms with Crippen LogP contribution < -0.4 is 5.32 Å². The van der Waals surface area contributed by atoms with Crippen LogP contribution in [0.5, 0.6) is 0 Å². The van der Waals surface area contributed by atoms with Crippen LogP contribution in [0.4, 0.5) is 0 Å². The van der Waals surface area contributed by atoms with E-state index in [4.69, 9.17) is 9.98 Å². The Labute approximate surface area is 293 Å². The first-order valence-corrected chi connectivity index (χ1v) is 17.7. The molecule has 3 heterocycles. The summed E-state index contributed by atoms with van der Waals surface area (Å²) < 4.78 is 5.04. The second kappa shape index (κ2) is 11.7. The molecule has 1 atom stereocenters. The summed E-state index contributed by atoms with van der Waals surface area (Å²) in [5.74, 6) is 1.51. The fourth-order valence-electron chi connectivity index (χ4n) is 7.36. The highest BCUT2D eigenvalue weighted by Crippen LogP contribution is 2.44. The molecule has 0 fully saturated rings. The van der Waals surface area contributed by atoms with E-state index in [-0.39, 0.29) is 6.17 Å². The van der Waals surface area contributed by atoms with E-state index in [1.807, 2.05) is 35.6 Å². The van der Waals surface area contributed by atoms with Crippen molar-refractivity contribution in [2.45, 2.75) is 6.17 Å². The molecule has 50 heavy (non-hydrogen) atoms. The molecule has 236 valence electrons. The van der Waals surface area contributed by atoms with Crippen molar-refractivity contribution in [3.05, 3.63) is 187 Å². The van der Waals surface area contributed by atoms with Gasteiger partial charge in [0.1, 0.15) is 12.0 Å². The highest BCUT2D eigenvalue weighted by molar-refractivity contribution is 7.26. The third-order valence-electron chi connectivity index (χ3n) is 9.69. The second-order valence-electron chi connectivity index (χ2n) is 12.6. The molecular formula is C45H30N4S. The number of nitrogens with one attached hydrogen (secondary N) is 1. The van der Waals surface area contributed by atoms with Crippen LogP contribution >= 0.6 is 11.3 Å². The number of hydrogen-bond acceptors (Lipinski definition) is 4. The van der Waals surface area contributed by atoms with Crippen molar-refractivity contribution in [1.82, 2.24) is 9.88 Å². The number of rotatable bonds is 5. The molecule has 0 saturated heterocycles. The number of benzene rings is 7. The highest BCUT2D eigenvalue weighted by atomic mass is 32.1. The number of thiophene rings is 1. The Hall–Kier alpha value is -6.30. The van der Waals surface area contributed by atoms with Gasteiger partial charge in [0.2, 0.25) is 0 Å². The van der Waals surface area contributed by atoms with E-state index < -0.39 is 0 Å². The van der Waals surface area contributed by atoms with E-state index in [0.717, 1.165) is 28.2 Å². The lowest BCUT2D eigenvalue weighted by atomic mass is 10.0. The van der Waals surface area contributed by atoms with Crippen molar-refractivity contribution < 1.29 is 0 Å². The Morgan fingerprint density at radius 2 is 1.14 bits per heavy atom. The smallest absolute Gasteiger partial charge is 0.159 e. The summed E-state index contributed by atoms with van der Waals surface area (Å²) in [6.07, 6.45) is -0.377. The summed E-state index contributed by atoms with van der Waals surface area (Å²) >= 11 is 1.85. The average Bonchev–Trinajstić information content (AvgIpc) is 3.74. The van der Waals surface area contributed by atoms with Gasteiger partial charge in [-0.3, -0.25) is 0 Å². The zero-order valence-corrected chi connectivity index (χ0v) is 27.8. The minimum atomic E-state index is -0.377. The van der Waals surface area contributed by atoms with Gasteiger partial charge in [-0.1, -0.05) is 146 Å². The molecule has 0 spiro atoms. The van der Waals surface area contributed by atoms with E-state index in [1.54, 1.807) is 0 Å². The van der Waals surface area contributed by atoms with Gasteiger partial charge in [-0.05, 0) is 35.4 Å². The number of nitrogens with zero attached hydrogens (tertiary/aromatic N) is 3. The number of para-hydroxylation sites is 2. The van der Waals surface area contributed by atoms with Crippen molar-refractivity contribution in [2.24, 2.45) is 9.98 Å². The third-order valence-corrected chi connectivity index (χ3v) is 10.8. The first-order valence-electron chi connectivity index (χ1n) is 16.9. The molecule has 0 amide bonds. The van der Waals surface area contributed by atoms with Crippen molar-refractivity contribution >= 4 is 65.0 Å². The Morgan fingerprint density at radius 1 is 0.500 bits per heavy atom. The quantitative estimate of drug-likeness (QED) is 0.196. The number of aromatic nitrogens is 1. The van der Waals surface area contributed by atoms with Gasteiger partial charge in [-0.15, -0.1) is 11.3 Å². The van der Waals surface area contributed by atoms with Gasteiger partial charge in [-0.25, -0.2) is 9.98 Å². The predicted octanol–water partition coefficient (Wildman–Crippen LogP) is 11.3. The fraction of sp³-hybridized carbons (Fsp3) is 0.0222. The molecule has 1 aliphatic rings. The molecule has 0 bridgehead atoms. The van der Waals surface area contributed by atoms with E-state index in [1.165, 1.54) is 53.1 Å². The summed E-state index contributed by atoms with van der Waals surface area (Å²) in [7, 11) is 0. The molecule has 5 heteroatoms. The lowest BCUT2D eigenvalue weighted by molar-refractivity contribution is 0.671. The van der Waals surface area contributed by atoms with E-state index in [2.05, 4.69) is 155 Å². The number of aliphatic imine (C=N–C) groups is 2. The molecule has 7 aromatic carbocycles. The maximum Gasteiger partial charge on any atom is 0.159 e. The summed E-state index contributed by atoms with van der Waals surface area (Å²) in [5, 5.41) is 8.82. The molecule has 1 N–H and O–H groups in total. The number of hydrogen-bond donors (Lipinski definition) is 1. The lowest BCUT2D eigenvalue weighted by Crippen LogP contribution is -2.34. The Bertz CT molecular complexity index is 2770.